The second-order valence-corrected chi connectivity index (χ2v) is 6.91. The van der Waals surface area contributed by atoms with Crippen molar-refractivity contribution in [1.29, 1.82) is 0 Å². The van der Waals surface area contributed by atoms with Crippen LogP contribution < -0.4 is 20.1 Å². The first-order valence-electron chi connectivity index (χ1n) is 9.16. The summed E-state index contributed by atoms with van der Waals surface area (Å²) in [5.74, 6) is -0.232. The molecule has 2 aromatic carbocycles. The number of rotatable bonds is 5. The fourth-order valence-electron chi connectivity index (χ4n) is 2.97. The lowest BCUT2D eigenvalue weighted by Crippen LogP contribution is -2.40. The normalized spacial score (nSPS) is 13.7. The molecule has 0 fully saturated rings. The van der Waals surface area contributed by atoms with E-state index < -0.39 is 11.8 Å². The number of anilines is 1. The van der Waals surface area contributed by atoms with Gasteiger partial charge < -0.3 is 25.0 Å². The van der Waals surface area contributed by atoms with E-state index in [4.69, 9.17) is 9.47 Å². The highest BCUT2D eigenvalue weighted by molar-refractivity contribution is 6.39. The zero-order valence-corrected chi connectivity index (χ0v) is 16.3. The molecule has 3 rings (SSSR count). The minimum Gasteiger partial charge on any atom is -0.486 e. The lowest BCUT2D eigenvalue weighted by molar-refractivity contribution is -0.136. The van der Waals surface area contributed by atoms with Gasteiger partial charge in [-0.05, 0) is 38.7 Å². The predicted octanol–water partition coefficient (Wildman–Crippen LogP) is 2.12. The number of carbonyl (C=O) groups excluding carboxylic acids is 2. The summed E-state index contributed by atoms with van der Waals surface area (Å²) in [4.78, 5) is 26.5. The van der Waals surface area contributed by atoms with E-state index in [1.54, 1.807) is 18.2 Å². The van der Waals surface area contributed by atoms with Crippen LogP contribution in [0.1, 0.15) is 17.2 Å². The van der Waals surface area contributed by atoms with Crippen LogP contribution in [0.2, 0.25) is 0 Å². The van der Waals surface area contributed by atoms with Crippen LogP contribution in [0, 0.1) is 6.92 Å². The summed E-state index contributed by atoms with van der Waals surface area (Å²) in [6, 6.07) is 13.1. The molecule has 28 heavy (non-hydrogen) atoms. The third kappa shape index (κ3) is 4.80. The Labute approximate surface area is 164 Å². The maximum Gasteiger partial charge on any atom is 0.313 e. The second-order valence-electron chi connectivity index (χ2n) is 6.91. The van der Waals surface area contributed by atoms with Crippen molar-refractivity contribution in [3.8, 4) is 11.5 Å². The molecule has 0 aromatic heterocycles. The average molecular weight is 383 g/mol. The van der Waals surface area contributed by atoms with Gasteiger partial charge in [0.15, 0.2) is 11.5 Å². The van der Waals surface area contributed by atoms with Crippen molar-refractivity contribution in [2.75, 3.05) is 39.2 Å². The SMILES string of the molecule is Cc1ccc(C(CNC(=O)C(=O)Nc2ccc3c(c2)OCCO3)N(C)C)cc1. The van der Waals surface area contributed by atoms with Crippen LogP contribution >= 0.6 is 0 Å². The van der Waals surface area contributed by atoms with Crippen molar-refractivity contribution in [3.63, 3.8) is 0 Å². The number of benzene rings is 2. The lowest BCUT2D eigenvalue weighted by Gasteiger charge is -2.25. The molecule has 0 radical (unpaired) electrons. The Hall–Kier alpha value is -3.06. The van der Waals surface area contributed by atoms with E-state index in [0.29, 0.717) is 36.9 Å². The van der Waals surface area contributed by atoms with Crippen LogP contribution in [0.4, 0.5) is 5.69 Å². The highest BCUT2D eigenvalue weighted by atomic mass is 16.6. The minimum atomic E-state index is -0.724. The molecule has 7 heteroatoms. The maximum absolute atomic E-state index is 12.3. The van der Waals surface area contributed by atoms with E-state index in [-0.39, 0.29) is 6.04 Å². The Bertz CT molecular complexity index is 849. The Morgan fingerprint density at radius 1 is 1.00 bits per heavy atom. The third-order valence-corrected chi connectivity index (χ3v) is 4.55. The number of ether oxygens (including phenoxy) is 2. The third-order valence-electron chi connectivity index (χ3n) is 4.55. The number of likely N-dealkylation sites (N-methyl/N-ethyl adjacent to an activating group) is 1. The molecule has 2 N–H and O–H groups in total. The number of carbonyl (C=O) groups is 2. The molecular formula is C21H25N3O4. The summed E-state index contributed by atoms with van der Waals surface area (Å²) in [5.41, 5.74) is 2.72. The summed E-state index contributed by atoms with van der Waals surface area (Å²) < 4.78 is 10.9. The smallest absolute Gasteiger partial charge is 0.313 e. The van der Waals surface area contributed by atoms with Crippen LogP contribution in [0.15, 0.2) is 42.5 Å². The van der Waals surface area contributed by atoms with E-state index in [1.165, 1.54) is 5.56 Å². The zero-order chi connectivity index (χ0) is 20.1. The molecule has 0 saturated heterocycles. The Kier molecular flexibility index (Phi) is 6.16. The predicted molar refractivity (Wildman–Crippen MR) is 107 cm³/mol. The van der Waals surface area contributed by atoms with E-state index in [0.717, 1.165) is 5.56 Å². The summed E-state index contributed by atoms with van der Waals surface area (Å²) in [6.07, 6.45) is 0. The molecule has 0 saturated carbocycles. The van der Waals surface area contributed by atoms with Gasteiger partial charge in [-0.3, -0.25) is 9.59 Å². The lowest BCUT2D eigenvalue weighted by atomic mass is 10.0. The van der Waals surface area contributed by atoms with Gasteiger partial charge in [0, 0.05) is 18.3 Å². The number of hydrogen-bond acceptors (Lipinski definition) is 5. The number of aryl methyl sites for hydroxylation is 1. The van der Waals surface area contributed by atoms with Gasteiger partial charge >= 0.3 is 11.8 Å². The quantitative estimate of drug-likeness (QED) is 0.773. The van der Waals surface area contributed by atoms with Crippen LogP contribution in [-0.4, -0.2) is 50.6 Å². The zero-order valence-electron chi connectivity index (χ0n) is 16.3. The van der Waals surface area contributed by atoms with Crippen molar-refractivity contribution in [2.45, 2.75) is 13.0 Å². The van der Waals surface area contributed by atoms with E-state index in [2.05, 4.69) is 10.6 Å². The molecule has 1 heterocycles. The number of amides is 2. The van der Waals surface area contributed by atoms with Crippen LogP contribution in [0.3, 0.4) is 0 Å². The molecule has 2 aromatic rings. The largest absolute Gasteiger partial charge is 0.486 e. The molecule has 2 amide bonds. The summed E-state index contributed by atoms with van der Waals surface area (Å²) in [7, 11) is 3.87. The van der Waals surface area contributed by atoms with Crippen molar-refractivity contribution in [3.05, 3.63) is 53.6 Å². The number of fused-ring (bicyclic) bond motifs is 1. The number of nitrogens with zero attached hydrogens (tertiary/aromatic N) is 1. The first kappa shape index (κ1) is 19.7. The van der Waals surface area contributed by atoms with Crippen LogP contribution in [0.5, 0.6) is 11.5 Å². The maximum atomic E-state index is 12.3. The number of hydrogen-bond donors (Lipinski definition) is 2. The van der Waals surface area contributed by atoms with Crippen LogP contribution in [-0.2, 0) is 9.59 Å². The molecule has 7 nitrogen and oxygen atoms in total. The van der Waals surface area contributed by atoms with Gasteiger partial charge in [-0.2, -0.15) is 0 Å². The Morgan fingerprint density at radius 2 is 1.68 bits per heavy atom. The topological polar surface area (TPSA) is 79.9 Å². The van der Waals surface area contributed by atoms with Crippen molar-refractivity contribution in [1.82, 2.24) is 10.2 Å². The Balaban J connectivity index is 1.58. The standard InChI is InChI=1S/C21H25N3O4/c1-14-4-6-15(7-5-14)17(24(2)3)13-22-20(25)21(26)23-16-8-9-18-19(12-16)28-11-10-27-18/h4-9,12,17H,10-11,13H2,1-3H3,(H,22,25)(H,23,26). The van der Waals surface area contributed by atoms with Gasteiger partial charge in [-0.25, -0.2) is 0 Å². The van der Waals surface area contributed by atoms with Gasteiger partial charge in [0.25, 0.3) is 0 Å². The molecule has 148 valence electrons. The first-order chi connectivity index (χ1) is 13.4. The molecule has 0 spiro atoms. The van der Waals surface area contributed by atoms with Crippen LogP contribution in [0.25, 0.3) is 0 Å². The summed E-state index contributed by atoms with van der Waals surface area (Å²) in [5, 5.41) is 5.30. The molecular weight excluding hydrogens is 358 g/mol. The van der Waals surface area contributed by atoms with Gasteiger partial charge in [0.1, 0.15) is 13.2 Å². The highest BCUT2D eigenvalue weighted by Gasteiger charge is 2.20. The second kappa shape index (κ2) is 8.75. The van der Waals surface area contributed by atoms with E-state index >= 15 is 0 Å². The highest BCUT2D eigenvalue weighted by Crippen LogP contribution is 2.32. The molecule has 1 unspecified atom stereocenters. The molecule has 1 aliphatic heterocycles. The number of nitrogens with one attached hydrogen (secondary N) is 2. The molecule has 0 aliphatic carbocycles. The molecule has 1 aliphatic rings. The first-order valence-corrected chi connectivity index (χ1v) is 9.16. The molecule has 1 atom stereocenters. The van der Waals surface area contributed by atoms with Crippen molar-refractivity contribution >= 4 is 17.5 Å². The fraction of sp³-hybridized carbons (Fsp3) is 0.333. The van der Waals surface area contributed by atoms with Gasteiger partial charge in [-0.1, -0.05) is 29.8 Å². The molecule has 0 bridgehead atoms. The monoisotopic (exact) mass is 383 g/mol. The van der Waals surface area contributed by atoms with Gasteiger partial charge in [-0.15, -0.1) is 0 Å². The minimum absolute atomic E-state index is 0.0355. The Morgan fingerprint density at radius 3 is 2.36 bits per heavy atom. The van der Waals surface area contributed by atoms with Crippen molar-refractivity contribution < 1.29 is 19.1 Å². The van der Waals surface area contributed by atoms with E-state index in [9.17, 15) is 9.59 Å². The van der Waals surface area contributed by atoms with Crippen molar-refractivity contribution in [2.24, 2.45) is 0 Å². The van der Waals surface area contributed by atoms with Gasteiger partial charge in [0.05, 0.1) is 6.04 Å². The summed E-state index contributed by atoms with van der Waals surface area (Å²) in [6.45, 7) is 3.30. The van der Waals surface area contributed by atoms with E-state index in [1.807, 2.05) is 50.2 Å². The fourth-order valence-corrected chi connectivity index (χ4v) is 2.97. The summed E-state index contributed by atoms with van der Waals surface area (Å²) >= 11 is 0. The van der Waals surface area contributed by atoms with Gasteiger partial charge in [0.2, 0.25) is 0 Å². The average Bonchev–Trinajstić information content (AvgIpc) is 2.69.